The summed E-state index contributed by atoms with van der Waals surface area (Å²) < 4.78 is 27.2. The minimum atomic E-state index is -1.09. The summed E-state index contributed by atoms with van der Waals surface area (Å²) in [5, 5.41) is 10.5. The van der Waals surface area contributed by atoms with E-state index in [9.17, 15) is 13.6 Å². The molecule has 2 aromatic heterocycles. The average molecular weight is 462 g/mol. The van der Waals surface area contributed by atoms with Crippen LogP contribution in [0.2, 0.25) is 5.02 Å². The standard InChI is InChI=1S/C21H22ClF2N7O/c22-15-7-12(8-16(23)18(15)24)28-17-4-2-6-31(21(17)32)13-3-1-5-30(10-13)20-14-9-27-29-19(14)25-11-26-20/h7-9,11,13,17,28H,1-6,10H2,(H,25,26,27,29)/t13-,17-/m1/s1. The highest BCUT2D eigenvalue weighted by Crippen LogP contribution is 2.29. The highest BCUT2D eigenvalue weighted by Gasteiger charge is 2.36. The van der Waals surface area contributed by atoms with E-state index in [2.05, 4.69) is 30.4 Å². The number of fused-ring (bicyclic) bond motifs is 1. The number of hydrogen-bond acceptors (Lipinski definition) is 6. The molecule has 2 atom stereocenters. The van der Waals surface area contributed by atoms with E-state index < -0.39 is 17.7 Å². The molecule has 0 unspecified atom stereocenters. The number of hydrogen-bond donors (Lipinski definition) is 2. The summed E-state index contributed by atoms with van der Waals surface area (Å²) in [5.74, 6) is -1.37. The number of nitrogens with zero attached hydrogens (tertiary/aromatic N) is 5. The maximum Gasteiger partial charge on any atom is 0.245 e. The second-order valence-electron chi connectivity index (χ2n) is 8.20. The van der Waals surface area contributed by atoms with E-state index in [1.54, 1.807) is 6.20 Å². The zero-order chi connectivity index (χ0) is 22.2. The average Bonchev–Trinajstić information content (AvgIpc) is 3.28. The van der Waals surface area contributed by atoms with Crippen molar-refractivity contribution in [2.24, 2.45) is 0 Å². The molecule has 2 aliphatic heterocycles. The number of halogens is 3. The number of H-pyrrole nitrogens is 1. The van der Waals surface area contributed by atoms with E-state index in [1.165, 1.54) is 12.4 Å². The van der Waals surface area contributed by atoms with Crippen molar-refractivity contribution in [2.75, 3.05) is 29.9 Å². The lowest BCUT2D eigenvalue weighted by atomic mass is 9.97. The molecule has 2 saturated heterocycles. The van der Waals surface area contributed by atoms with Crippen LogP contribution in [-0.2, 0) is 4.79 Å². The summed E-state index contributed by atoms with van der Waals surface area (Å²) in [6.07, 6.45) is 6.48. The van der Waals surface area contributed by atoms with Gasteiger partial charge in [0.1, 0.15) is 18.2 Å². The van der Waals surface area contributed by atoms with Crippen LogP contribution < -0.4 is 10.2 Å². The van der Waals surface area contributed by atoms with Gasteiger partial charge in [-0.15, -0.1) is 0 Å². The number of carbonyl (C=O) groups excluding carboxylic acids is 1. The third-order valence-corrected chi connectivity index (χ3v) is 6.44. The van der Waals surface area contributed by atoms with Gasteiger partial charge in [-0.2, -0.15) is 5.10 Å². The molecule has 5 rings (SSSR count). The van der Waals surface area contributed by atoms with Gasteiger partial charge in [0.2, 0.25) is 5.91 Å². The fraction of sp³-hybridized carbons (Fsp3) is 0.429. The number of benzene rings is 1. The fourth-order valence-electron chi connectivity index (χ4n) is 4.64. The first-order valence-corrected chi connectivity index (χ1v) is 11.0. The summed E-state index contributed by atoms with van der Waals surface area (Å²) in [6, 6.07) is 1.85. The predicted octanol–water partition coefficient (Wildman–Crippen LogP) is 3.36. The van der Waals surface area contributed by atoms with Crippen LogP contribution in [0, 0.1) is 11.6 Å². The van der Waals surface area contributed by atoms with Crippen LogP contribution in [0.3, 0.4) is 0 Å². The van der Waals surface area contributed by atoms with Gasteiger partial charge >= 0.3 is 0 Å². The largest absolute Gasteiger partial charge is 0.374 e. The topological polar surface area (TPSA) is 90.0 Å². The molecular weight excluding hydrogens is 440 g/mol. The summed E-state index contributed by atoms with van der Waals surface area (Å²) in [5.41, 5.74) is 0.975. The Bertz CT molecular complexity index is 1130. The summed E-state index contributed by atoms with van der Waals surface area (Å²) in [4.78, 5) is 26.0. The summed E-state index contributed by atoms with van der Waals surface area (Å²) in [7, 11) is 0. The number of rotatable bonds is 4. The molecule has 11 heteroatoms. The van der Waals surface area contributed by atoms with E-state index in [4.69, 9.17) is 11.6 Å². The zero-order valence-corrected chi connectivity index (χ0v) is 17.9. The Morgan fingerprint density at radius 2 is 2.00 bits per heavy atom. The van der Waals surface area contributed by atoms with Gasteiger partial charge in [0.05, 0.1) is 16.6 Å². The van der Waals surface area contributed by atoms with Crippen LogP contribution in [0.25, 0.3) is 11.0 Å². The molecule has 0 bridgehead atoms. The van der Waals surface area contributed by atoms with Crippen molar-refractivity contribution in [2.45, 2.75) is 37.8 Å². The second-order valence-corrected chi connectivity index (χ2v) is 8.60. The predicted molar refractivity (Wildman–Crippen MR) is 117 cm³/mol. The molecule has 2 aliphatic rings. The first-order chi connectivity index (χ1) is 15.5. The van der Waals surface area contributed by atoms with E-state index in [0.29, 0.717) is 30.8 Å². The Morgan fingerprint density at radius 3 is 2.84 bits per heavy atom. The lowest BCUT2D eigenvalue weighted by Crippen LogP contribution is -2.56. The van der Waals surface area contributed by atoms with E-state index in [-0.39, 0.29) is 17.0 Å². The number of nitrogens with one attached hydrogen (secondary N) is 2. The maximum absolute atomic E-state index is 13.7. The van der Waals surface area contributed by atoms with Crippen LogP contribution in [0.1, 0.15) is 25.7 Å². The summed E-state index contributed by atoms with van der Waals surface area (Å²) in [6.45, 7) is 2.16. The van der Waals surface area contributed by atoms with Crippen molar-refractivity contribution in [3.63, 3.8) is 0 Å². The number of carbonyl (C=O) groups is 1. The third-order valence-electron chi connectivity index (χ3n) is 6.16. The Morgan fingerprint density at radius 1 is 1.16 bits per heavy atom. The lowest BCUT2D eigenvalue weighted by molar-refractivity contribution is -0.137. The van der Waals surface area contributed by atoms with Crippen LogP contribution in [-0.4, -0.2) is 62.7 Å². The normalized spacial score (nSPS) is 21.9. The molecule has 1 amide bonds. The molecular formula is C21H22ClF2N7O. The molecule has 0 spiro atoms. The monoisotopic (exact) mass is 461 g/mol. The Hall–Kier alpha value is -3.01. The number of anilines is 2. The van der Waals surface area contributed by atoms with Gasteiger partial charge in [0, 0.05) is 37.4 Å². The van der Waals surface area contributed by atoms with Gasteiger partial charge in [0.25, 0.3) is 0 Å². The van der Waals surface area contributed by atoms with Crippen molar-refractivity contribution < 1.29 is 13.6 Å². The van der Waals surface area contributed by atoms with Gasteiger partial charge in [-0.05, 0) is 31.7 Å². The molecule has 2 N–H and O–H groups in total. The van der Waals surface area contributed by atoms with Crippen molar-refractivity contribution in [1.82, 2.24) is 25.1 Å². The van der Waals surface area contributed by atoms with Crippen LogP contribution >= 0.6 is 11.6 Å². The highest BCUT2D eigenvalue weighted by atomic mass is 35.5. The van der Waals surface area contributed by atoms with Gasteiger partial charge in [-0.25, -0.2) is 18.7 Å². The van der Waals surface area contributed by atoms with Crippen molar-refractivity contribution in [3.05, 3.63) is 41.3 Å². The molecule has 3 aromatic rings. The lowest BCUT2D eigenvalue weighted by Gasteiger charge is -2.43. The quantitative estimate of drug-likeness (QED) is 0.579. The van der Waals surface area contributed by atoms with Crippen LogP contribution in [0.15, 0.2) is 24.7 Å². The van der Waals surface area contributed by atoms with Crippen molar-refractivity contribution in [1.29, 1.82) is 0 Å². The van der Waals surface area contributed by atoms with Gasteiger partial charge in [-0.1, -0.05) is 11.6 Å². The molecule has 0 radical (unpaired) electrons. The van der Waals surface area contributed by atoms with E-state index in [1.807, 2.05) is 4.90 Å². The van der Waals surface area contributed by atoms with Gasteiger partial charge in [-0.3, -0.25) is 9.89 Å². The molecule has 8 nitrogen and oxygen atoms in total. The zero-order valence-electron chi connectivity index (χ0n) is 17.2. The number of piperidine rings is 2. The number of aromatic amines is 1. The number of amides is 1. The van der Waals surface area contributed by atoms with Crippen molar-refractivity contribution in [3.8, 4) is 0 Å². The molecule has 2 fully saturated rings. The number of aromatic nitrogens is 4. The Kier molecular flexibility index (Phi) is 5.54. The van der Waals surface area contributed by atoms with Crippen LogP contribution in [0.5, 0.6) is 0 Å². The minimum Gasteiger partial charge on any atom is -0.374 e. The Labute approximate surface area is 188 Å². The molecule has 32 heavy (non-hydrogen) atoms. The molecule has 0 saturated carbocycles. The number of likely N-dealkylation sites (tertiary alicyclic amines) is 1. The SMILES string of the molecule is O=C1[C@H](Nc2cc(F)c(F)c(Cl)c2)CCCN1[C@@H]1CCCN(c2ncnc3[nH]ncc23)C1. The fourth-order valence-corrected chi connectivity index (χ4v) is 4.85. The minimum absolute atomic E-state index is 0.0336. The van der Waals surface area contributed by atoms with E-state index >= 15 is 0 Å². The van der Waals surface area contributed by atoms with Crippen LogP contribution in [0.4, 0.5) is 20.3 Å². The summed E-state index contributed by atoms with van der Waals surface area (Å²) >= 11 is 5.76. The Balaban J connectivity index is 1.32. The molecule has 168 valence electrons. The smallest absolute Gasteiger partial charge is 0.245 e. The first-order valence-electron chi connectivity index (χ1n) is 10.6. The molecule has 0 aliphatic carbocycles. The second kappa shape index (κ2) is 8.50. The van der Waals surface area contributed by atoms with Gasteiger partial charge in [0.15, 0.2) is 17.3 Å². The first kappa shape index (κ1) is 20.9. The maximum atomic E-state index is 13.7. The highest BCUT2D eigenvalue weighted by molar-refractivity contribution is 6.31. The molecule has 1 aromatic carbocycles. The third kappa shape index (κ3) is 3.83. The van der Waals surface area contributed by atoms with Crippen molar-refractivity contribution >= 4 is 40.0 Å². The van der Waals surface area contributed by atoms with E-state index in [0.717, 1.165) is 43.1 Å². The molecule has 4 heterocycles. The van der Waals surface area contributed by atoms with Gasteiger partial charge < -0.3 is 15.1 Å².